The first-order valence-corrected chi connectivity index (χ1v) is 9.16. The van der Waals surface area contributed by atoms with Gasteiger partial charge in [-0.25, -0.2) is 8.78 Å². The maximum Gasteiger partial charge on any atom is 0.254 e. The molecule has 142 valence electrons. The predicted octanol–water partition coefficient (Wildman–Crippen LogP) is 5.32. The van der Waals surface area contributed by atoms with Gasteiger partial charge in [0.1, 0.15) is 6.61 Å². The number of amides is 1. The quantitative estimate of drug-likeness (QED) is 0.690. The van der Waals surface area contributed by atoms with Gasteiger partial charge in [0.25, 0.3) is 5.91 Å². The molecule has 0 saturated carbocycles. The van der Waals surface area contributed by atoms with Gasteiger partial charge >= 0.3 is 0 Å². The highest BCUT2D eigenvalue weighted by Crippen LogP contribution is 2.25. The van der Waals surface area contributed by atoms with Crippen molar-refractivity contribution >= 4 is 17.5 Å². The topological polar surface area (TPSA) is 29.5 Å². The van der Waals surface area contributed by atoms with Crippen molar-refractivity contribution in [3.05, 3.63) is 75.8 Å². The summed E-state index contributed by atoms with van der Waals surface area (Å²) in [6, 6.07) is 9.74. The van der Waals surface area contributed by atoms with Crippen LogP contribution >= 0.6 is 11.6 Å². The van der Waals surface area contributed by atoms with E-state index in [2.05, 4.69) is 0 Å². The van der Waals surface area contributed by atoms with Gasteiger partial charge in [-0.3, -0.25) is 4.79 Å². The Morgan fingerprint density at radius 1 is 1.26 bits per heavy atom. The number of rotatable bonds is 5. The molecule has 0 radical (unpaired) electrons. The van der Waals surface area contributed by atoms with Crippen LogP contribution in [-0.4, -0.2) is 24.0 Å². The largest absolute Gasteiger partial charge is 0.486 e. The molecule has 3 nitrogen and oxygen atoms in total. The van der Waals surface area contributed by atoms with Gasteiger partial charge in [-0.05, 0) is 59.9 Å². The van der Waals surface area contributed by atoms with E-state index in [0.29, 0.717) is 42.9 Å². The van der Waals surface area contributed by atoms with Crippen molar-refractivity contribution in [1.82, 2.24) is 4.90 Å². The summed E-state index contributed by atoms with van der Waals surface area (Å²) < 4.78 is 32.2. The van der Waals surface area contributed by atoms with E-state index in [4.69, 9.17) is 16.3 Å². The Balaban J connectivity index is 1.70. The van der Waals surface area contributed by atoms with E-state index in [-0.39, 0.29) is 23.8 Å². The molecule has 1 heterocycles. The number of carbonyl (C=O) groups is 1. The Labute approximate surface area is 162 Å². The summed E-state index contributed by atoms with van der Waals surface area (Å²) in [6.07, 6.45) is 1.66. The number of hydrogen-bond donors (Lipinski definition) is 0. The van der Waals surface area contributed by atoms with Crippen LogP contribution in [0.15, 0.2) is 48.3 Å². The van der Waals surface area contributed by atoms with Gasteiger partial charge in [-0.2, -0.15) is 0 Å². The minimum atomic E-state index is -0.639. The molecule has 27 heavy (non-hydrogen) atoms. The Hall–Kier alpha value is -2.40. The summed E-state index contributed by atoms with van der Waals surface area (Å²) in [4.78, 5) is 14.4. The number of benzene rings is 2. The van der Waals surface area contributed by atoms with E-state index in [1.165, 1.54) is 18.2 Å². The molecule has 0 atom stereocenters. The summed E-state index contributed by atoms with van der Waals surface area (Å²) in [5.41, 5.74) is 2.87. The molecule has 0 saturated heterocycles. The number of carbonyl (C=O) groups excluding carboxylic acids is 1. The van der Waals surface area contributed by atoms with E-state index in [1.807, 2.05) is 12.1 Å². The zero-order chi connectivity index (χ0) is 19.4. The first kappa shape index (κ1) is 19.4. The second-order valence-corrected chi connectivity index (χ2v) is 6.88. The van der Waals surface area contributed by atoms with Crippen LogP contribution in [0.3, 0.4) is 0 Å². The molecular formula is C21H20ClF2NO2. The fourth-order valence-electron chi connectivity index (χ4n) is 3.01. The van der Waals surface area contributed by atoms with Crippen LogP contribution in [0.4, 0.5) is 8.78 Å². The normalized spacial score (nSPS) is 14.1. The Morgan fingerprint density at radius 3 is 2.78 bits per heavy atom. The minimum absolute atomic E-state index is 0.00187. The molecule has 1 aliphatic rings. The highest BCUT2D eigenvalue weighted by Gasteiger charge is 2.23. The first-order valence-electron chi connectivity index (χ1n) is 8.79. The van der Waals surface area contributed by atoms with Crippen molar-refractivity contribution in [3.8, 4) is 5.75 Å². The van der Waals surface area contributed by atoms with Gasteiger partial charge in [-0.15, -0.1) is 0 Å². The molecular weight excluding hydrogens is 372 g/mol. The Bertz CT molecular complexity index is 882. The molecule has 0 unspecified atom stereocenters. The number of fused-ring (bicyclic) bond motifs is 1. The lowest BCUT2D eigenvalue weighted by Gasteiger charge is -2.29. The monoisotopic (exact) mass is 391 g/mol. The van der Waals surface area contributed by atoms with Crippen molar-refractivity contribution < 1.29 is 18.3 Å². The Morgan fingerprint density at radius 2 is 2.07 bits per heavy atom. The molecule has 0 spiro atoms. The molecule has 2 aromatic carbocycles. The molecule has 3 rings (SSSR count). The third kappa shape index (κ3) is 4.48. The van der Waals surface area contributed by atoms with E-state index in [0.717, 1.165) is 11.1 Å². The second-order valence-electron chi connectivity index (χ2n) is 6.44. The van der Waals surface area contributed by atoms with E-state index in [9.17, 15) is 13.6 Å². The van der Waals surface area contributed by atoms with Crippen LogP contribution < -0.4 is 4.74 Å². The average molecular weight is 392 g/mol. The summed E-state index contributed by atoms with van der Waals surface area (Å²) in [7, 11) is 0. The summed E-state index contributed by atoms with van der Waals surface area (Å²) in [5.74, 6) is -0.878. The second kappa shape index (κ2) is 8.53. The zero-order valence-corrected chi connectivity index (χ0v) is 15.7. The summed E-state index contributed by atoms with van der Waals surface area (Å²) in [5, 5.41) is 0.681. The van der Waals surface area contributed by atoms with Crippen LogP contribution in [0.2, 0.25) is 5.02 Å². The fourth-order valence-corrected chi connectivity index (χ4v) is 3.20. The van der Waals surface area contributed by atoms with E-state index >= 15 is 0 Å². The van der Waals surface area contributed by atoms with Crippen molar-refractivity contribution in [2.24, 2.45) is 0 Å². The van der Waals surface area contributed by atoms with Crippen LogP contribution in [0, 0.1) is 5.82 Å². The van der Waals surface area contributed by atoms with Gasteiger partial charge in [0.05, 0.1) is 6.33 Å². The van der Waals surface area contributed by atoms with Gasteiger partial charge in [0.15, 0.2) is 11.6 Å². The van der Waals surface area contributed by atoms with E-state index in [1.54, 1.807) is 17.9 Å². The van der Waals surface area contributed by atoms with Crippen LogP contribution in [-0.2, 0) is 13.0 Å². The first-order chi connectivity index (χ1) is 13.0. The van der Waals surface area contributed by atoms with Crippen molar-refractivity contribution in [1.29, 1.82) is 0 Å². The highest BCUT2D eigenvalue weighted by molar-refractivity contribution is 6.30. The molecule has 2 aromatic rings. The van der Waals surface area contributed by atoms with Gasteiger partial charge < -0.3 is 9.64 Å². The smallest absolute Gasteiger partial charge is 0.254 e. The number of hydrogen-bond acceptors (Lipinski definition) is 2. The van der Waals surface area contributed by atoms with Gasteiger partial charge in [0.2, 0.25) is 0 Å². The molecule has 0 fully saturated rings. The van der Waals surface area contributed by atoms with Crippen LogP contribution in [0.5, 0.6) is 5.75 Å². The molecule has 0 aromatic heterocycles. The van der Waals surface area contributed by atoms with Gasteiger partial charge in [-0.1, -0.05) is 24.6 Å². The molecule has 0 aliphatic carbocycles. The predicted molar refractivity (Wildman–Crippen MR) is 101 cm³/mol. The highest BCUT2D eigenvalue weighted by atomic mass is 35.5. The lowest BCUT2D eigenvalue weighted by Crippen LogP contribution is -2.36. The minimum Gasteiger partial charge on any atom is -0.486 e. The summed E-state index contributed by atoms with van der Waals surface area (Å²) in [6.45, 7) is 2.78. The number of halogens is 3. The van der Waals surface area contributed by atoms with Crippen molar-refractivity contribution in [2.75, 3.05) is 13.2 Å². The third-order valence-corrected chi connectivity index (χ3v) is 4.90. The number of nitrogens with zero attached hydrogens (tertiary/aromatic N) is 1. The third-order valence-electron chi connectivity index (χ3n) is 4.67. The fraction of sp³-hybridized carbons (Fsp3) is 0.286. The molecule has 0 N–H and O–H groups in total. The average Bonchev–Trinajstić information content (AvgIpc) is 2.68. The van der Waals surface area contributed by atoms with E-state index < -0.39 is 5.82 Å². The molecule has 1 amide bonds. The van der Waals surface area contributed by atoms with Crippen LogP contribution in [0.1, 0.15) is 34.8 Å². The Kier molecular flexibility index (Phi) is 6.11. The zero-order valence-electron chi connectivity index (χ0n) is 15.0. The van der Waals surface area contributed by atoms with Crippen molar-refractivity contribution in [2.45, 2.75) is 26.3 Å². The lowest BCUT2D eigenvalue weighted by atomic mass is 9.99. The molecule has 1 aliphatic heterocycles. The summed E-state index contributed by atoms with van der Waals surface area (Å²) >= 11 is 6.01. The van der Waals surface area contributed by atoms with Gasteiger partial charge in [0, 0.05) is 23.7 Å². The molecule has 6 heteroatoms. The lowest BCUT2D eigenvalue weighted by molar-refractivity contribution is 0.0734. The maximum atomic E-state index is 14.3. The number of ether oxygens (including phenoxy) is 1. The molecule has 0 bridgehead atoms. The SMILES string of the molecule is CCC(=CF)COc1ccc(C(=O)N2CCc3cc(Cl)ccc3C2)cc1F. The standard InChI is InChI=1S/C21H20ClF2NO2/c1-2-14(11-23)13-27-20-6-4-16(10-19(20)24)21(26)25-8-7-15-9-18(22)5-3-17(15)12-25/h3-6,9-11H,2,7-8,12-13H2,1H3. The van der Waals surface area contributed by atoms with Crippen LogP contribution in [0.25, 0.3) is 0 Å². The van der Waals surface area contributed by atoms with Crippen molar-refractivity contribution in [3.63, 3.8) is 0 Å². The maximum absolute atomic E-state index is 14.3.